The third kappa shape index (κ3) is 5.13. The van der Waals surface area contributed by atoms with Gasteiger partial charge in [-0.25, -0.2) is 5.11 Å². The maximum atomic E-state index is 11.9. The summed E-state index contributed by atoms with van der Waals surface area (Å²) in [6, 6.07) is 1.76. The second-order valence-electron chi connectivity index (χ2n) is 3.05. The Hall–Kier alpha value is -1.64. The fourth-order valence-corrected chi connectivity index (χ4v) is 1.10. The Bertz CT molecular complexity index is 377. The van der Waals surface area contributed by atoms with Crippen LogP contribution in [0.4, 0.5) is 26.3 Å². The molecule has 0 bridgehead atoms. The van der Waals surface area contributed by atoms with Gasteiger partial charge in [-0.15, -0.1) is 26.3 Å². The van der Waals surface area contributed by atoms with Gasteiger partial charge in [-0.2, -0.15) is 0 Å². The van der Waals surface area contributed by atoms with Crippen molar-refractivity contribution >= 4 is 0 Å². The average molecular weight is 275 g/mol. The Morgan fingerprint density at radius 1 is 0.833 bits per heavy atom. The monoisotopic (exact) mass is 275 g/mol. The second-order valence-corrected chi connectivity index (χ2v) is 3.05. The standard InChI is InChI=1S/C9H5F6O3/c10-8(11,12)17-6-1-5(4-16)2-7(3-6)18-9(13,14)15/h1-3H,4H2. The SMILES string of the molecule is [O]Cc1cc(OC(F)(F)F)cc(OC(F)(F)F)c1. The molecule has 0 atom stereocenters. The maximum Gasteiger partial charge on any atom is 0.573 e. The van der Waals surface area contributed by atoms with E-state index in [1.807, 2.05) is 0 Å². The highest BCUT2D eigenvalue weighted by Crippen LogP contribution is 2.31. The van der Waals surface area contributed by atoms with E-state index >= 15 is 0 Å². The number of hydrogen-bond donors (Lipinski definition) is 0. The van der Waals surface area contributed by atoms with E-state index in [0.717, 1.165) is 0 Å². The number of ether oxygens (including phenoxy) is 2. The maximum absolute atomic E-state index is 11.9. The van der Waals surface area contributed by atoms with Crippen LogP contribution in [0.2, 0.25) is 0 Å². The first-order valence-electron chi connectivity index (χ1n) is 4.32. The summed E-state index contributed by atoms with van der Waals surface area (Å²) < 4.78 is 78.1. The highest BCUT2D eigenvalue weighted by atomic mass is 19.4. The summed E-state index contributed by atoms with van der Waals surface area (Å²) in [4.78, 5) is 0. The molecule has 0 heterocycles. The summed E-state index contributed by atoms with van der Waals surface area (Å²) >= 11 is 0. The molecule has 101 valence electrons. The van der Waals surface area contributed by atoms with Crippen LogP contribution >= 0.6 is 0 Å². The van der Waals surface area contributed by atoms with Gasteiger partial charge < -0.3 is 9.47 Å². The fraction of sp³-hybridized carbons (Fsp3) is 0.333. The van der Waals surface area contributed by atoms with Crippen molar-refractivity contribution in [3.63, 3.8) is 0 Å². The summed E-state index contributed by atoms with van der Waals surface area (Å²) in [5, 5.41) is 10.5. The molecule has 3 nitrogen and oxygen atoms in total. The van der Waals surface area contributed by atoms with Crippen molar-refractivity contribution in [2.24, 2.45) is 0 Å². The fourth-order valence-electron chi connectivity index (χ4n) is 1.10. The Kier molecular flexibility index (Phi) is 3.95. The number of alkyl halides is 6. The van der Waals surface area contributed by atoms with Gasteiger partial charge in [-0.3, -0.25) is 0 Å². The first-order valence-corrected chi connectivity index (χ1v) is 4.32. The molecule has 0 fully saturated rings. The van der Waals surface area contributed by atoms with Crippen LogP contribution in [0.3, 0.4) is 0 Å². The van der Waals surface area contributed by atoms with Crippen molar-refractivity contribution in [2.75, 3.05) is 0 Å². The van der Waals surface area contributed by atoms with E-state index in [0.29, 0.717) is 18.2 Å². The quantitative estimate of drug-likeness (QED) is 0.793. The number of benzene rings is 1. The smallest absolute Gasteiger partial charge is 0.406 e. The molecule has 1 aromatic carbocycles. The molecule has 0 aliphatic rings. The molecule has 9 heteroatoms. The molecule has 0 amide bonds. The lowest BCUT2D eigenvalue weighted by molar-refractivity contribution is -0.276. The summed E-state index contributed by atoms with van der Waals surface area (Å²) in [5.74, 6) is -1.90. The van der Waals surface area contributed by atoms with E-state index in [-0.39, 0.29) is 5.56 Å². The van der Waals surface area contributed by atoms with E-state index in [1.165, 1.54) is 0 Å². The summed E-state index contributed by atoms with van der Waals surface area (Å²) in [7, 11) is 0. The van der Waals surface area contributed by atoms with Crippen LogP contribution in [0.1, 0.15) is 5.56 Å². The van der Waals surface area contributed by atoms with E-state index < -0.39 is 30.8 Å². The van der Waals surface area contributed by atoms with Crippen molar-refractivity contribution in [1.82, 2.24) is 0 Å². The molecule has 0 saturated carbocycles. The van der Waals surface area contributed by atoms with Crippen molar-refractivity contribution in [2.45, 2.75) is 19.3 Å². The normalized spacial score (nSPS) is 12.4. The van der Waals surface area contributed by atoms with Gasteiger partial charge in [0.25, 0.3) is 0 Å². The van der Waals surface area contributed by atoms with E-state index in [2.05, 4.69) is 9.47 Å². The molecule has 0 spiro atoms. The summed E-state index contributed by atoms with van der Waals surface area (Å²) in [5.41, 5.74) is -0.323. The van der Waals surface area contributed by atoms with Gasteiger partial charge >= 0.3 is 12.7 Å². The zero-order valence-corrected chi connectivity index (χ0v) is 8.43. The minimum Gasteiger partial charge on any atom is -0.406 e. The van der Waals surface area contributed by atoms with Crippen LogP contribution in [-0.2, 0) is 11.7 Å². The number of halogens is 6. The first kappa shape index (κ1) is 14.4. The molecular weight excluding hydrogens is 270 g/mol. The van der Waals surface area contributed by atoms with Crippen LogP contribution in [0, 0.1) is 0 Å². The lowest BCUT2D eigenvalue weighted by atomic mass is 10.2. The number of hydrogen-bond acceptors (Lipinski definition) is 2. The highest BCUT2D eigenvalue weighted by Gasteiger charge is 2.33. The molecule has 0 aliphatic carbocycles. The molecule has 18 heavy (non-hydrogen) atoms. The van der Waals surface area contributed by atoms with Gasteiger partial charge in [-0.05, 0) is 17.7 Å². The minimum atomic E-state index is -5.07. The molecule has 1 rings (SSSR count). The van der Waals surface area contributed by atoms with Crippen LogP contribution in [0.15, 0.2) is 18.2 Å². The zero-order valence-electron chi connectivity index (χ0n) is 8.43. The van der Waals surface area contributed by atoms with Gasteiger partial charge in [0.15, 0.2) is 0 Å². The number of rotatable bonds is 3. The predicted octanol–water partition coefficient (Wildman–Crippen LogP) is 3.41. The van der Waals surface area contributed by atoms with E-state index in [1.54, 1.807) is 0 Å². The lowest BCUT2D eigenvalue weighted by Gasteiger charge is -2.13. The van der Waals surface area contributed by atoms with Crippen LogP contribution in [0.5, 0.6) is 11.5 Å². The Morgan fingerprint density at radius 3 is 1.50 bits per heavy atom. The molecule has 0 aliphatic heterocycles. The molecule has 1 radical (unpaired) electrons. The van der Waals surface area contributed by atoms with E-state index in [9.17, 15) is 31.4 Å². The topological polar surface area (TPSA) is 38.4 Å². The van der Waals surface area contributed by atoms with Gasteiger partial charge in [0.1, 0.15) is 18.1 Å². The average Bonchev–Trinajstić information content (AvgIpc) is 2.11. The molecule has 0 unspecified atom stereocenters. The van der Waals surface area contributed by atoms with Crippen molar-refractivity contribution < 1.29 is 40.9 Å². The molecule has 1 aromatic rings. The van der Waals surface area contributed by atoms with E-state index in [4.69, 9.17) is 0 Å². The van der Waals surface area contributed by atoms with Crippen LogP contribution < -0.4 is 9.47 Å². The Morgan fingerprint density at radius 2 is 1.22 bits per heavy atom. The van der Waals surface area contributed by atoms with Gasteiger partial charge in [0.05, 0.1) is 0 Å². The second kappa shape index (κ2) is 4.92. The molecular formula is C9H5F6O3. The predicted molar refractivity (Wildman–Crippen MR) is 44.2 cm³/mol. The highest BCUT2D eigenvalue weighted by molar-refractivity contribution is 5.38. The first-order chi connectivity index (χ1) is 8.09. The lowest BCUT2D eigenvalue weighted by Crippen LogP contribution is -2.19. The van der Waals surface area contributed by atoms with Gasteiger partial charge in [0, 0.05) is 6.07 Å². The molecule has 0 saturated heterocycles. The van der Waals surface area contributed by atoms with Gasteiger partial charge in [0.2, 0.25) is 0 Å². The summed E-state index contributed by atoms with van der Waals surface area (Å²) in [6.07, 6.45) is -10.1. The third-order valence-electron chi connectivity index (χ3n) is 1.57. The minimum absolute atomic E-state index is 0.323. The van der Waals surface area contributed by atoms with Crippen LogP contribution in [-0.4, -0.2) is 12.7 Å². The van der Waals surface area contributed by atoms with Crippen molar-refractivity contribution in [3.05, 3.63) is 23.8 Å². The van der Waals surface area contributed by atoms with Crippen molar-refractivity contribution in [3.8, 4) is 11.5 Å². The Balaban J connectivity index is 3.02. The third-order valence-corrected chi connectivity index (χ3v) is 1.57. The molecule has 0 aromatic heterocycles. The van der Waals surface area contributed by atoms with Gasteiger partial charge in [-0.1, -0.05) is 0 Å². The van der Waals surface area contributed by atoms with Crippen molar-refractivity contribution in [1.29, 1.82) is 0 Å². The zero-order chi connectivity index (χ0) is 14.0. The largest absolute Gasteiger partial charge is 0.573 e. The Labute approximate surface area is 96.5 Å². The van der Waals surface area contributed by atoms with Crippen LogP contribution in [0.25, 0.3) is 0 Å². The molecule has 0 N–H and O–H groups in total. The summed E-state index contributed by atoms with van der Waals surface area (Å²) in [6.45, 7) is -1.01.